The second-order valence-electron chi connectivity index (χ2n) is 5.05. The molecule has 1 aliphatic rings. The average molecular weight is 265 g/mol. The molecular weight excluding hydrogens is 242 g/mol. The zero-order chi connectivity index (χ0) is 13.0. The molecule has 1 N–H and O–H groups in total. The number of thioether (sulfide) groups is 1. The molecule has 3 heteroatoms. The van der Waals surface area contributed by atoms with Gasteiger partial charge in [0, 0.05) is 17.5 Å². The van der Waals surface area contributed by atoms with Gasteiger partial charge in [0.25, 0.3) is 0 Å². The van der Waals surface area contributed by atoms with Crippen LogP contribution in [-0.2, 0) is 4.74 Å². The molecule has 0 saturated carbocycles. The lowest BCUT2D eigenvalue weighted by molar-refractivity contribution is 0.0546. The summed E-state index contributed by atoms with van der Waals surface area (Å²) < 4.78 is 5.82. The highest BCUT2D eigenvalue weighted by molar-refractivity contribution is 7.98. The van der Waals surface area contributed by atoms with E-state index < -0.39 is 0 Å². The van der Waals surface area contributed by atoms with Crippen LogP contribution in [0.5, 0.6) is 0 Å². The zero-order valence-corrected chi connectivity index (χ0v) is 12.3. The number of benzene rings is 1. The number of ether oxygens (including phenoxy) is 1. The molecule has 1 aliphatic heterocycles. The molecule has 18 heavy (non-hydrogen) atoms. The van der Waals surface area contributed by atoms with Crippen molar-refractivity contribution in [2.75, 3.05) is 12.8 Å². The van der Waals surface area contributed by atoms with Gasteiger partial charge in [-0.05, 0) is 50.6 Å². The van der Waals surface area contributed by atoms with E-state index in [1.54, 1.807) is 11.8 Å². The smallest absolute Gasteiger partial charge is 0.0704 e. The third-order valence-corrected chi connectivity index (χ3v) is 4.33. The van der Waals surface area contributed by atoms with Gasteiger partial charge in [-0.1, -0.05) is 12.1 Å². The highest BCUT2D eigenvalue weighted by Crippen LogP contribution is 2.21. The standard InChI is InChI=1S/C15H23NOS/c1-11-4-7-14(17-11)10-16-12(2)13-5-8-15(18-3)9-6-13/h5-6,8-9,11-12,14,16H,4,7,10H2,1-3H3. The van der Waals surface area contributed by atoms with E-state index in [0.29, 0.717) is 18.2 Å². The predicted molar refractivity (Wildman–Crippen MR) is 78.2 cm³/mol. The molecule has 3 atom stereocenters. The Labute approximate surface area is 114 Å². The molecule has 2 nitrogen and oxygen atoms in total. The van der Waals surface area contributed by atoms with Gasteiger partial charge in [0.2, 0.25) is 0 Å². The van der Waals surface area contributed by atoms with Crippen molar-refractivity contribution in [2.24, 2.45) is 0 Å². The van der Waals surface area contributed by atoms with Crippen molar-refractivity contribution in [1.82, 2.24) is 5.32 Å². The summed E-state index contributed by atoms with van der Waals surface area (Å²) >= 11 is 1.78. The Morgan fingerprint density at radius 2 is 2.06 bits per heavy atom. The van der Waals surface area contributed by atoms with E-state index >= 15 is 0 Å². The summed E-state index contributed by atoms with van der Waals surface area (Å²) in [4.78, 5) is 1.32. The summed E-state index contributed by atoms with van der Waals surface area (Å²) in [5.41, 5.74) is 1.35. The molecule has 100 valence electrons. The molecule has 1 heterocycles. The second kappa shape index (κ2) is 6.60. The van der Waals surface area contributed by atoms with E-state index in [1.807, 2.05) is 0 Å². The quantitative estimate of drug-likeness (QED) is 0.822. The van der Waals surface area contributed by atoms with E-state index in [0.717, 1.165) is 6.54 Å². The van der Waals surface area contributed by atoms with Gasteiger partial charge in [-0.2, -0.15) is 0 Å². The average Bonchev–Trinajstić information content (AvgIpc) is 2.82. The molecule has 1 aromatic carbocycles. The summed E-state index contributed by atoms with van der Waals surface area (Å²) in [5.74, 6) is 0. The van der Waals surface area contributed by atoms with E-state index in [4.69, 9.17) is 4.74 Å². The van der Waals surface area contributed by atoms with Crippen LogP contribution in [0.15, 0.2) is 29.2 Å². The van der Waals surface area contributed by atoms with Crippen molar-refractivity contribution in [1.29, 1.82) is 0 Å². The highest BCUT2D eigenvalue weighted by atomic mass is 32.2. The zero-order valence-electron chi connectivity index (χ0n) is 11.5. The first-order valence-electron chi connectivity index (χ1n) is 6.72. The van der Waals surface area contributed by atoms with Crippen LogP contribution in [0.1, 0.15) is 38.3 Å². The number of rotatable bonds is 5. The van der Waals surface area contributed by atoms with Crippen molar-refractivity contribution < 1.29 is 4.74 Å². The molecule has 0 aliphatic carbocycles. The Balaban J connectivity index is 1.81. The Kier molecular flexibility index (Phi) is 5.10. The molecule has 0 aromatic heterocycles. The fourth-order valence-corrected chi connectivity index (χ4v) is 2.76. The van der Waals surface area contributed by atoms with Gasteiger partial charge < -0.3 is 10.1 Å². The summed E-state index contributed by atoms with van der Waals surface area (Å²) in [5, 5.41) is 3.57. The van der Waals surface area contributed by atoms with Crippen LogP contribution in [0.3, 0.4) is 0 Å². The van der Waals surface area contributed by atoms with Gasteiger partial charge in [0.05, 0.1) is 12.2 Å². The van der Waals surface area contributed by atoms with Crippen molar-refractivity contribution in [3.05, 3.63) is 29.8 Å². The van der Waals surface area contributed by atoms with Gasteiger partial charge in [0.15, 0.2) is 0 Å². The largest absolute Gasteiger partial charge is 0.374 e. The Bertz CT molecular complexity index is 365. The third-order valence-electron chi connectivity index (χ3n) is 3.59. The Hall–Kier alpha value is -0.510. The van der Waals surface area contributed by atoms with Crippen LogP contribution < -0.4 is 5.32 Å². The lowest BCUT2D eigenvalue weighted by atomic mass is 10.1. The lowest BCUT2D eigenvalue weighted by Gasteiger charge is -2.18. The van der Waals surface area contributed by atoms with E-state index in [9.17, 15) is 0 Å². The Morgan fingerprint density at radius 1 is 1.33 bits per heavy atom. The maximum atomic E-state index is 5.82. The van der Waals surface area contributed by atoms with Gasteiger partial charge in [-0.25, -0.2) is 0 Å². The summed E-state index contributed by atoms with van der Waals surface area (Å²) in [6, 6.07) is 9.18. The molecule has 0 amide bonds. The molecule has 0 bridgehead atoms. The van der Waals surface area contributed by atoms with Crippen molar-refractivity contribution in [2.45, 2.75) is 49.8 Å². The number of hydrogen-bond acceptors (Lipinski definition) is 3. The third kappa shape index (κ3) is 3.74. The fourth-order valence-electron chi connectivity index (χ4n) is 2.35. The van der Waals surface area contributed by atoms with Crippen LogP contribution in [0.25, 0.3) is 0 Å². The minimum atomic E-state index is 0.389. The molecule has 0 spiro atoms. The van der Waals surface area contributed by atoms with Gasteiger partial charge in [-0.15, -0.1) is 11.8 Å². The second-order valence-corrected chi connectivity index (χ2v) is 5.93. The maximum absolute atomic E-state index is 5.82. The number of hydrogen-bond donors (Lipinski definition) is 1. The SMILES string of the molecule is CSc1ccc(C(C)NCC2CCC(C)O2)cc1. The predicted octanol–water partition coefficient (Wildman–Crippen LogP) is 3.63. The van der Waals surface area contributed by atoms with Gasteiger partial charge >= 0.3 is 0 Å². The minimum Gasteiger partial charge on any atom is -0.374 e. The Morgan fingerprint density at radius 3 is 2.61 bits per heavy atom. The molecule has 1 aromatic rings. The molecule has 2 rings (SSSR count). The van der Waals surface area contributed by atoms with E-state index in [1.165, 1.54) is 23.3 Å². The highest BCUT2D eigenvalue weighted by Gasteiger charge is 2.21. The van der Waals surface area contributed by atoms with Crippen molar-refractivity contribution in [3.8, 4) is 0 Å². The normalized spacial score (nSPS) is 25.3. The van der Waals surface area contributed by atoms with Crippen molar-refractivity contribution in [3.63, 3.8) is 0 Å². The van der Waals surface area contributed by atoms with E-state index in [2.05, 4.69) is 49.7 Å². The first kappa shape index (κ1) is 13.9. The molecular formula is C15H23NOS. The summed E-state index contributed by atoms with van der Waals surface area (Å²) in [6.07, 6.45) is 5.32. The minimum absolute atomic E-state index is 0.389. The summed E-state index contributed by atoms with van der Waals surface area (Å²) in [7, 11) is 0. The number of nitrogens with one attached hydrogen (secondary N) is 1. The first-order valence-corrected chi connectivity index (χ1v) is 7.94. The van der Waals surface area contributed by atoms with Crippen LogP contribution in [0, 0.1) is 0 Å². The van der Waals surface area contributed by atoms with Gasteiger partial charge in [-0.3, -0.25) is 0 Å². The monoisotopic (exact) mass is 265 g/mol. The lowest BCUT2D eigenvalue weighted by Crippen LogP contribution is -2.29. The van der Waals surface area contributed by atoms with Crippen LogP contribution in [0.2, 0.25) is 0 Å². The topological polar surface area (TPSA) is 21.3 Å². The molecule has 1 fully saturated rings. The molecule has 3 unspecified atom stereocenters. The molecule has 0 radical (unpaired) electrons. The van der Waals surface area contributed by atoms with Crippen LogP contribution in [0.4, 0.5) is 0 Å². The fraction of sp³-hybridized carbons (Fsp3) is 0.600. The molecule has 1 saturated heterocycles. The summed E-state index contributed by atoms with van der Waals surface area (Å²) in [6.45, 7) is 5.33. The first-order chi connectivity index (χ1) is 8.69. The maximum Gasteiger partial charge on any atom is 0.0704 e. The van der Waals surface area contributed by atoms with Gasteiger partial charge in [0.1, 0.15) is 0 Å². The van der Waals surface area contributed by atoms with E-state index in [-0.39, 0.29) is 0 Å². The van der Waals surface area contributed by atoms with Crippen LogP contribution in [-0.4, -0.2) is 25.0 Å². The van der Waals surface area contributed by atoms with Crippen molar-refractivity contribution >= 4 is 11.8 Å². The van der Waals surface area contributed by atoms with Crippen LogP contribution >= 0.6 is 11.8 Å².